The SMILES string of the molecule is CC1CN(C(C)C)c2c(Cl)cccc2N1. The number of rotatable bonds is 1. The summed E-state index contributed by atoms with van der Waals surface area (Å²) < 4.78 is 0. The van der Waals surface area contributed by atoms with Gasteiger partial charge in [0.25, 0.3) is 0 Å². The molecule has 0 saturated heterocycles. The molecule has 3 heteroatoms. The molecule has 1 aromatic rings. The minimum Gasteiger partial charge on any atom is -0.379 e. The van der Waals surface area contributed by atoms with Crippen molar-refractivity contribution in [3.63, 3.8) is 0 Å². The Kier molecular flexibility index (Phi) is 2.79. The van der Waals surface area contributed by atoms with Crippen LogP contribution in [0.5, 0.6) is 0 Å². The molecule has 0 saturated carbocycles. The second kappa shape index (κ2) is 3.93. The molecule has 1 heterocycles. The number of halogens is 1. The van der Waals surface area contributed by atoms with Crippen molar-refractivity contribution < 1.29 is 0 Å². The van der Waals surface area contributed by atoms with Crippen molar-refractivity contribution in [3.8, 4) is 0 Å². The van der Waals surface area contributed by atoms with Crippen LogP contribution in [0.4, 0.5) is 11.4 Å². The number of hydrogen-bond acceptors (Lipinski definition) is 2. The van der Waals surface area contributed by atoms with Gasteiger partial charge in [0.15, 0.2) is 0 Å². The monoisotopic (exact) mass is 224 g/mol. The quantitative estimate of drug-likeness (QED) is 0.787. The Morgan fingerprint density at radius 2 is 2.20 bits per heavy atom. The molecule has 1 aliphatic rings. The molecular formula is C12H17ClN2. The zero-order valence-electron chi connectivity index (χ0n) is 9.42. The summed E-state index contributed by atoms with van der Waals surface area (Å²) in [5, 5.41) is 4.29. The van der Waals surface area contributed by atoms with E-state index in [4.69, 9.17) is 11.6 Å². The molecule has 0 radical (unpaired) electrons. The average Bonchev–Trinajstić information content (AvgIpc) is 2.16. The van der Waals surface area contributed by atoms with Crippen molar-refractivity contribution in [2.45, 2.75) is 32.9 Å². The van der Waals surface area contributed by atoms with E-state index in [1.165, 1.54) is 0 Å². The summed E-state index contributed by atoms with van der Waals surface area (Å²) >= 11 is 6.25. The van der Waals surface area contributed by atoms with E-state index in [-0.39, 0.29) is 0 Å². The number of nitrogens with zero attached hydrogens (tertiary/aromatic N) is 1. The van der Waals surface area contributed by atoms with E-state index < -0.39 is 0 Å². The first kappa shape index (κ1) is 10.6. The highest BCUT2D eigenvalue weighted by atomic mass is 35.5. The Bertz CT molecular complexity index is 363. The number of fused-ring (bicyclic) bond motifs is 1. The van der Waals surface area contributed by atoms with Crippen molar-refractivity contribution in [3.05, 3.63) is 23.2 Å². The predicted molar refractivity (Wildman–Crippen MR) is 67.0 cm³/mol. The van der Waals surface area contributed by atoms with Gasteiger partial charge in [-0.25, -0.2) is 0 Å². The molecule has 0 spiro atoms. The first-order chi connectivity index (χ1) is 7.09. The molecule has 2 nitrogen and oxygen atoms in total. The Hall–Kier alpha value is -0.890. The minimum absolute atomic E-state index is 0.471. The van der Waals surface area contributed by atoms with Gasteiger partial charge in [0.1, 0.15) is 0 Å². The summed E-state index contributed by atoms with van der Waals surface area (Å²) in [6, 6.07) is 6.98. The Labute approximate surface area is 96.2 Å². The van der Waals surface area contributed by atoms with Crippen LogP contribution in [0.15, 0.2) is 18.2 Å². The van der Waals surface area contributed by atoms with E-state index in [0.717, 1.165) is 22.9 Å². The van der Waals surface area contributed by atoms with Crippen LogP contribution in [0.1, 0.15) is 20.8 Å². The number of para-hydroxylation sites is 1. The summed E-state index contributed by atoms with van der Waals surface area (Å²) in [7, 11) is 0. The van der Waals surface area contributed by atoms with Crippen LogP contribution in [0.25, 0.3) is 0 Å². The molecule has 1 unspecified atom stereocenters. The fraction of sp³-hybridized carbons (Fsp3) is 0.500. The molecule has 82 valence electrons. The van der Waals surface area contributed by atoms with Crippen molar-refractivity contribution in [2.24, 2.45) is 0 Å². The molecule has 0 aromatic heterocycles. The number of hydrogen-bond donors (Lipinski definition) is 1. The van der Waals surface area contributed by atoms with E-state index in [0.29, 0.717) is 12.1 Å². The molecule has 1 atom stereocenters. The fourth-order valence-corrected chi connectivity index (χ4v) is 2.37. The summed E-state index contributed by atoms with van der Waals surface area (Å²) in [6.45, 7) is 7.60. The molecule has 0 aliphatic carbocycles. The highest BCUT2D eigenvalue weighted by Crippen LogP contribution is 2.38. The maximum atomic E-state index is 6.25. The predicted octanol–water partition coefficient (Wildman–Crippen LogP) is 3.37. The molecule has 0 amide bonds. The van der Waals surface area contributed by atoms with Crippen molar-refractivity contribution in [2.75, 3.05) is 16.8 Å². The Balaban J connectivity index is 2.48. The lowest BCUT2D eigenvalue weighted by molar-refractivity contribution is 0.624. The second-order valence-corrected chi connectivity index (χ2v) is 4.83. The molecule has 1 aliphatic heterocycles. The van der Waals surface area contributed by atoms with E-state index >= 15 is 0 Å². The lowest BCUT2D eigenvalue weighted by Crippen LogP contribution is -2.43. The molecular weight excluding hydrogens is 208 g/mol. The average molecular weight is 225 g/mol. The molecule has 0 fully saturated rings. The maximum absolute atomic E-state index is 6.25. The third-order valence-electron chi connectivity index (χ3n) is 2.77. The van der Waals surface area contributed by atoms with Crippen LogP contribution in [0.2, 0.25) is 5.02 Å². The van der Waals surface area contributed by atoms with E-state index in [1.807, 2.05) is 12.1 Å². The second-order valence-electron chi connectivity index (χ2n) is 4.43. The third-order valence-corrected chi connectivity index (χ3v) is 3.07. The van der Waals surface area contributed by atoms with E-state index in [1.54, 1.807) is 0 Å². The zero-order valence-corrected chi connectivity index (χ0v) is 10.2. The molecule has 0 bridgehead atoms. The van der Waals surface area contributed by atoms with Gasteiger partial charge in [0.05, 0.1) is 16.4 Å². The molecule has 2 rings (SSSR count). The van der Waals surface area contributed by atoms with Crippen LogP contribution in [-0.4, -0.2) is 18.6 Å². The highest BCUT2D eigenvalue weighted by Gasteiger charge is 2.24. The van der Waals surface area contributed by atoms with Gasteiger partial charge >= 0.3 is 0 Å². The first-order valence-corrected chi connectivity index (χ1v) is 5.79. The summed E-state index contributed by atoms with van der Waals surface area (Å²) in [5.74, 6) is 0. The normalized spacial score (nSPS) is 20.1. The first-order valence-electron chi connectivity index (χ1n) is 5.41. The smallest absolute Gasteiger partial charge is 0.0794 e. The summed E-state index contributed by atoms with van der Waals surface area (Å²) in [5.41, 5.74) is 2.29. The summed E-state index contributed by atoms with van der Waals surface area (Å²) in [4.78, 5) is 2.36. The Morgan fingerprint density at radius 1 is 1.47 bits per heavy atom. The lowest BCUT2D eigenvalue weighted by Gasteiger charge is -2.39. The van der Waals surface area contributed by atoms with Gasteiger partial charge < -0.3 is 10.2 Å². The molecule has 1 aromatic carbocycles. The topological polar surface area (TPSA) is 15.3 Å². The largest absolute Gasteiger partial charge is 0.379 e. The number of anilines is 2. The fourth-order valence-electron chi connectivity index (χ4n) is 2.09. The van der Waals surface area contributed by atoms with Crippen molar-refractivity contribution in [1.82, 2.24) is 0 Å². The number of nitrogens with one attached hydrogen (secondary N) is 1. The number of benzene rings is 1. The third kappa shape index (κ3) is 1.91. The highest BCUT2D eigenvalue weighted by molar-refractivity contribution is 6.34. The lowest BCUT2D eigenvalue weighted by atomic mass is 10.1. The van der Waals surface area contributed by atoms with Gasteiger partial charge in [-0.15, -0.1) is 0 Å². The maximum Gasteiger partial charge on any atom is 0.0794 e. The summed E-state index contributed by atoms with van der Waals surface area (Å²) in [6.07, 6.45) is 0. The standard InChI is InChI=1S/C12H17ClN2/c1-8(2)15-7-9(3)14-11-6-4-5-10(13)12(11)15/h4-6,8-9,14H,7H2,1-3H3. The van der Waals surface area contributed by atoms with E-state index in [9.17, 15) is 0 Å². The van der Waals surface area contributed by atoms with Crippen molar-refractivity contribution >= 4 is 23.0 Å². The van der Waals surface area contributed by atoms with Crippen LogP contribution >= 0.6 is 11.6 Å². The van der Waals surface area contributed by atoms with Gasteiger partial charge in [0, 0.05) is 18.6 Å². The van der Waals surface area contributed by atoms with Crippen LogP contribution in [0, 0.1) is 0 Å². The van der Waals surface area contributed by atoms with Gasteiger partial charge in [-0.3, -0.25) is 0 Å². The van der Waals surface area contributed by atoms with Crippen molar-refractivity contribution in [1.29, 1.82) is 0 Å². The van der Waals surface area contributed by atoms with Gasteiger partial charge in [-0.2, -0.15) is 0 Å². The van der Waals surface area contributed by atoms with Gasteiger partial charge in [0.2, 0.25) is 0 Å². The Morgan fingerprint density at radius 3 is 2.87 bits per heavy atom. The zero-order chi connectivity index (χ0) is 11.0. The van der Waals surface area contributed by atoms with Gasteiger partial charge in [-0.1, -0.05) is 17.7 Å². The minimum atomic E-state index is 0.471. The van der Waals surface area contributed by atoms with E-state index in [2.05, 4.69) is 37.1 Å². The molecule has 15 heavy (non-hydrogen) atoms. The van der Waals surface area contributed by atoms with Crippen LogP contribution in [-0.2, 0) is 0 Å². The molecule has 1 N–H and O–H groups in total. The van der Waals surface area contributed by atoms with Gasteiger partial charge in [-0.05, 0) is 32.9 Å². The van der Waals surface area contributed by atoms with Crippen LogP contribution in [0.3, 0.4) is 0 Å². The van der Waals surface area contributed by atoms with Crippen LogP contribution < -0.4 is 10.2 Å².